The van der Waals surface area contributed by atoms with E-state index in [9.17, 15) is 5.11 Å². The Hall–Kier alpha value is -1.24. The van der Waals surface area contributed by atoms with Crippen LogP contribution in [0.2, 0.25) is 0 Å². The molecule has 0 amide bonds. The molecular formula is C12H16O. The van der Waals surface area contributed by atoms with Crippen molar-refractivity contribution in [2.45, 2.75) is 26.7 Å². The van der Waals surface area contributed by atoms with Gasteiger partial charge in [-0.05, 0) is 49.9 Å². The van der Waals surface area contributed by atoms with Gasteiger partial charge in [0.1, 0.15) is 5.75 Å². The quantitative estimate of drug-likeness (QED) is 0.701. The number of benzene rings is 1. The Balaban J connectivity index is 2.66. The number of hydrogen-bond acceptors (Lipinski definition) is 1. The van der Waals surface area contributed by atoms with Crippen molar-refractivity contribution in [2.75, 3.05) is 0 Å². The molecule has 0 bridgehead atoms. The molecule has 1 rings (SSSR count). The maximum atomic E-state index is 9.20. The predicted molar refractivity (Wildman–Crippen MR) is 56.0 cm³/mol. The van der Waals surface area contributed by atoms with Crippen LogP contribution in [-0.4, -0.2) is 5.11 Å². The van der Waals surface area contributed by atoms with Crippen molar-refractivity contribution in [1.29, 1.82) is 0 Å². The van der Waals surface area contributed by atoms with Gasteiger partial charge in [-0.15, -0.1) is 0 Å². The maximum Gasteiger partial charge on any atom is 0.115 e. The van der Waals surface area contributed by atoms with E-state index in [1.54, 1.807) is 6.07 Å². The Kier molecular flexibility index (Phi) is 3.56. The summed E-state index contributed by atoms with van der Waals surface area (Å²) in [6.45, 7) is 4.06. The maximum absolute atomic E-state index is 9.20. The van der Waals surface area contributed by atoms with Crippen molar-refractivity contribution in [3.05, 3.63) is 41.5 Å². The molecule has 0 saturated carbocycles. The molecule has 0 atom stereocenters. The minimum atomic E-state index is 0.354. The Morgan fingerprint density at radius 2 is 2.15 bits per heavy atom. The van der Waals surface area contributed by atoms with Crippen LogP contribution in [0.4, 0.5) is 0 Å². The third-order valence-electron chi connectivity index (χ3n) is 2.14. The Morgan fingerprint density at radius 1 is 1.38 bits per heavy atom. The van der Waals surface area contributed by atoms with Crippen LogP contribution in [0, 0.1) is 6.92 Å². The summed E-state index contributed by atoms with van der Waals surface area (Å²) in [5.74, 6) is 0.354. The minimum absolute atomic E-state index is 0.354. The van der Waals surface area contributed by atoms with Gasteiger partial charge in [0.2, 0.25) is 0 Å². The molecule has 0 aliphatic carbocycles. The first kappa shape index (κ1) is 9.85. The first-order chi connectivity index (χ1) is 6.24. The second-order valence-corrected chi connectivity index (χ2v) is 3.22. The number of phenols is 1. The van der Waals surface area contributed by atoms with E-state index in [4.69, 9.17) is 0 Å². The fraction of sp³-hybridized carbons (Fsp3) is 0.333. The first-order valence-electron chi connectivity index (χ1n) is 4.63. The van der Waals surface area contributed by atoms with Gasteiger partial charge in [-0.25, -0.2) is 0 Å². The number of allylic oxidation sites excluding steroid dienone is 2. The van der Waals surface area contributed by atoms with E-state index in [2.05, 4.69) is 12.2 Å². The first-order valence-corrected chi connectivity index (χ1v) is 4.63. The highest BCUT2D eigenvalue weighted by atomic mass is 16.3. The summed E-state index contributed by atoms with van der Waals surface area (Å²) in [6.07, 6.45) is 6.35. The average Bonchev–Trinajstić information content (AvgIpc) is 2.09. The third kappa shape index (κ3) is 2.94. The van der Waals surface area contributed by atoms with Crippen molar-refractivity contribution in [1.82, 2.24) is 0 Å². The number of aromatic hydroxyl groups is 1. The molecule has 1 aromatic carbocycles. The summed E-state index contributed by atoms with van der Waals surface area (Å²) < 4.78 is 0. The molecule has 0 radical (unpaired) electrons. The molecule has 1 heteroatoms. The van der Waals surface area contributed by atoms with Crippen molar-refractivity contribution in [3.63, 3.8) is 0 Å². The topological polar surface area (TPSA) is 20.2 Å². The van der Waals surface area contributed by atoms with E-state index >= 15 is 0 Å². The summed E-state index contributed by atoms with van der Waals surface area (Å²) in [6, 6.07) is 5.55. The van der Waals surface area contributed by atoms with Crippen LogP contribution in [0.5, 0.6) is 5.75 Å². The Morgan fingerprint density at radius 3 is 2.77 bits per heavy atom. The second kappa shape index (κ2) is 4.70. The summed E-state index contributed by atoms with van der Waals surface area (Å²) in [5, 5.41) is 9.20. The lowest BCUT2D eigenvalue weighted by Crippen LogP contribution is -1.87. The minimum Gasteiger partial charge on any atom is -0.508 e. The highest BCUT2D eigenvalue weighted by molar-refractivity contribution is 5.34. The molecule has 0 heterocycles. The summed E-state index contributed by atoms with van der Waals surface area (Å²) in [5.41, 5.74) is 2.49. The number of rotatable bonds is 3. The molecule has 0 unspecified atom stereocenters. The number of aryl methyl sites for hydroxylation is 2. The number of hydrogen-bond donors (Lipinski definition) is 1. The molecular weight excluding hydrogens is 160 g/mol. The molecule has 0 saturated heterocycles. The van der Waals surface area contributed by atoms with Gasteiger partial charge in [0.05, 0.1) is 0 Å². The van der Waals surface area contributed by atoms with Gasteiger partial charge >= 0.3 is 0 Å². The van der Waals surface area contributed by atoms with Gasteiger partial charge in [-0.1, -0.05) is 18.2 Å². The SMILES string of the molecule is C/C=C\CCc1ccc(O)cc1C. The van der Waals surface area contributed by atoms with Crippen LogP contribution in [0.1, 0.15) is 24.5 Å². The average molecular weight is 176 g/mol. The van der Waals surface area contributed by atoms with Crippen LogP contribution in [0.15, 0.2) is 30.4 Å². The highest BCUT2D eigenvalue weighted by Gasteiger charge is 1.97. The lowest BCUT2D eigenvalue weighted by atomic mass is 10.0. The molecule has 0 aromatic heterocycles. The van der Waals surface area contributed by atoms with E-state index in [1.165, 1.54) is 11.1 Å². The fourth-order valence-corrected chi connectivity index (χ4v) is 1.37. The van der Waals surface area contributed by atoms with E-state index in [0.29, 0.717) is 5.75 Å². The number of phenolic OH excluding ortho intramolecular Hbond substituents is 1. The Bertz CT molecular complexity index is 300. The van der Waals surface area contributed by atoms with Gasteiger partial charge < -0.3 is 5.11 Å². The van der Waals surface area contributed by atoms with E-state index < -0.39 is 0 Å². The molecule has 0 aliphatic heterocycles. The Labute approximate surface area is 79.7 Å². The lowest BCUT2D eigenvalue weighted by Gasteiger charge is -2.03. The summed E-state index contributed by atoms with van der Waals surface area (Å²) in [4.78, 5) is 0. The summed E-state index contributed by atoms with van der Waals surface area (Å²) in [7, 11) is 0. The molecule has 1 N–H and O–H groups in total. The molecule has 0 fully saturated rings. The summed E-state index contributed by atoms with van der Waals surface area (Å²) >= 11 is 0. The molecule has 0 aliphatic rings. The zero-order valence-electron chi connectivity index (χ0n) is 8.25. The van der Waals surface area contributed by atoms with E-state index in [-0.39, 0.29) is 0 Å². The van der Waals surface area contributed by atoms with Crippen LogP contribution in [0.3, 0.4) is 0 Å². The normalized spacial score (nSPS) is 10.9. The van der Waals surface area contributed by atoms with Crippen LogP contribution < -0.4 is 0 Å². The van der Waals surface area contributed by atoms with E-state index in [0.717, 1.165) is 12.8 Å². The van der Waals surface area contributed by atoms with Crippen LogP contribution >= 0.6 is 0 Å². The van der Waals surface area contributed by atoms with Gasteiger partial charge in [0, 0.05) is 0 Å². The monoisotopic (exact) mass is 176 g/mol. The van der Waals surface area contributed by atoms with Crippen molar-refractivity contribution >= 4 is 0 Å². The third-order valence-corrected chi connectivity index (χ3v) is 2.14. The zero-order chi connectivity index (χ0) is 9.68. The molecule has 1 aromatic rings. The molecule has 0 spiro atoms. The highest BCUT2D eigenvalue weighted by Crippen LogP contribution is 2.16. The van der Waals surface area contributed by atoms with Crippen LogP contribution in [0.25, 0.3) is 0 Å². The van der Waals surface area contributed by atoms with Crippen molar-refractivity contribution in [3.8, 4) is 5.75 Å². The van der Waals surface area contributed by atoms with Crippen molar-refractivity contribution < 1.29 is 5.11 Å². The lowest BCUT2D eigenvalue weighted by molar-refractivity contribution is 0.474. The van der Waals surface area contributed by atoms with E-state index in [1.807, 2.05) is 26.0 Å². The molecule has 1 nitrogen and oxygen atoms in total. The van der Waals surface area contributed by atoms with Crippen LogP contribution in [-0.2, 0) is 6.42 Å². The molecule has 70 valence electrons. The standard InChI is InChI=1S/C12H16O/c1-3-4-5-6-11-7-8-12(13)9-10(11)2/h3-4,7-9,13H,5-6H2,1-2H3/b4-3-. The molecule has 13 heavy (non-hydrogen) atoms. The zero-order valence-corrected chi connectivity index (χ0v) is 8.25. The van der Waals surface area contributed by atoms with Gasteiger partial charge in [-0.3, -0.25) is 0 Å². The van der Waals surface area contributed by atoms with Gasteiger partial charge in [-0.2, -0.15) is 0 Å². The largest absolute Gasteiger partial charge is 0.508 e. The van der Waals surface area contributed by atoms with Gasteiger partial charge in [0.25, 0.3) is 0 Å². The predicted octanol–water partition coefficient (Wildman–Crippen LogP) is 3.21. The van der Waals surface area contributed by atoms with Crippen molar-refractivity contribution in [2.24, 2.45) is 0 Å². The second-order valence-electron chi connectivity index (χ2n) is 3.22. The smallest absolute Gasteiger partial charge is 0.115 e. The van der Waals surface area contributed by atoms with Gasteiger partial charge in [0.15, 0.2) is 0 Å². The fourth-order valence-electron chi connectivity index (χ4n) is 1.37.